The molecule has 5 heteroatoms. The lowest BCUT2D eigenvalue weighted by Gasteiger charge is -2.18. The molecule has 3 nitrogen and oxygen atoms in total. The largest absolute Gasteiger partial charge is 0.289 e. The maximum Gasteiger partial charge on any atom is 0.233 e. The SMILES string of the molecule is Cc1cccc(CC(=O)N2CCN=C2SCc2ccc(F)cc2)c1. The van der Waals surface area contributed by atoms with E-state index in [0.717, 1.165) is 21.9 Å². The maximum absolute atomic E-state index is 12.9. The lowest BCUT2D eigenvalue weighted by Crippen LogP contribution is -2.34. The summed E-state index contributed by atoms with van der Waals surface area (Å²) in [6.07, 6.45) is 0.387. The van der Waals surface area contributed by atoms with Gasteiger partial charge in [-0.25, -0.2) is 4.39 Å². The number of hydrogen-bond acceptors (Lipinski definition) is 3. The van der Waals surface area contributed by atoms with E-state index in [9.17, 15) is 9.18 Å². The highest BCUT2D eigenvalue weighted by atomic mass is 32.2. The molecule has 3 rings (SSSR count). The number of amidine groups is 1. The third kappa shape index (κ3) is 4.23. The van der Waals surface area contributed by atoms with Crippen LogP contribution in [0.25, 0.3) is 0 Å². The number of halogens is 1. The van der Waals surface area contributed by atoms with Crippen LogP contribution in [0.3, 0.4) is 0 Å². The van der Waals surface area contributed by atoms with Gasteiger partial charge in [-0.3, -0.25) is 14.7 Å². The lowest BCUT2D eigenvalue weighted by atomic mass is 10.1. The number of aliphatic imine (C=N–C) groups is 1. The first-order valence-electron chi connectivity index (χ1n) is 7.89. The van der Waals surface area contributed by atoms with Gasteiger partial charge >= 0.3 is 0 Å². The van der Waals surface area contributed by atoms with Crippen molar-refractivity contribution in [1.29, 1.82) is 0 Å². The van der Waals surface area contributed by atoms with Crippen molar-refractivity contribution in [1.82, 2.24) is 4.90 Å². The highest BCUT2D eigenvalue weighted by molar-refractivity contribution is 8.13. The van der Waals surface area contributed by atoms with Crippen LogP contribution in [-0.2, 0) is 17.0 Å². The standard InChI is InChI=1S/C19H19FN2OS/c1-14-3-2-4-16(11-14)12-18(23)22-10-9-21-19(22)24-13-15-5-7-17(20)8-6-15/h2-8,11H,9-10,12-13H2,1H3. The van der Waals surface area contributed by atoms with Crippen LogP contribution in [0.5, 0.6) is 0 Å². The fraction of sp³-hybridized carbons (Fsp3) is 0.263. The van der Waals surface area contributed by atoms with Crippen LogP contribution in [0.1, 0.15) is 16.7 Å². The molecule has 0 fully saturated rings. The van der Waals surface area contributed by atoms with E-state index in [0.29, 0.717) is 25.3 Å². The van der Waals surface area contributed by atoms with E-state index in [-0.39, 0.29) is 11.7 Å². The summed E-state index contributed by atoms with van der Waals surface area (Å²) in [7, 11) is 0. The second kappa shape index (κ2) is 7.62. The van der Waals surface area contributed by atoms with E-state index in [4.69, 9.17) is 0 Å². The Balaban J connectivity index is 1.60. The summed E-state index contributed by atoms with van der Waals surface area (Å²) >= 11 is 1.53. The molecule has 1 aliphatic rings. The average Bonchev–Trinajstić information content (AvgIpc) is 3.03. The monoisotopic (exact) mass is 342 g/mol. The molecular weight excluding hydrogens is 323 g/mol. The molecule has 0 bridgehead atoms. The molecule has 0 aromatic heterocycles. The van der Waals surface area contributed by atoms with E-state index in [1.54, 1.807) is 17.0 Å². The highest BCUT2D eigenvalue weighted by Crippen LogP contribution is 2.21. The van der Waals surface area contributed by atoms with Gasteiger partial charge in [0, 0.05) is 12.3 Å². The minimum absolute atomic E-state index is 0.0726. The zero-order valence-electron chi connectivity index (χ0n) is 13.5. The summed E-state index contributed by atoms with van der Waals surface area (Å²) in [5, 5.41) is 0.761. The second-order valence-electron chi connectivity index (χ2n) is 5.79. The summed E-state index contributed by atoms with van der Waals surface area (Å²) in [5.74, 6) is 0.508. The molecule has 0 aliphatic carbocycles. The number of amides is 1. The Labute approximate surface area is 145 Å². The molecule has 2 aromatic rings. The third-order valence-electron chi connectivity index (χ3n) is 3.82. The Morgan fingerprint density at radius 1 is 1.21 bits per heavy atom. The van der Waals surface area contributed by atoms with Crippen molar-refractivity contribution >= 4 is 22.8 Å². The highest BCUT2D eigenvalue weighted by Gasteiger charge is 2.24. The molecule has 24 heavy (non-hydrogen) atoms. The predicted molar refractivity (Wildman–Crippen MR) is 96.6 cm³/mol. The first kappa shape index (κ1) is 16.7. The molecule has 1 aliphatic heterocycles. The lowest BCUT2D eigenvalue weighted by molar-refractivity contribution is -0.126. The van der Waals surface area contributed by atoms with Gasteiger partial charge in [0.05, 0.1) is 13.0 Å². The van der Waals surface area contributed by atoms with Crippen LogP contribution in [0.15, 0.2) is 53.5 Å². The van der Waals surface area contributed by atoms with Gasteiger partial charge in [0.15, 0.2) is 5.17 Å². The molecule has 1 amide bonds. The first-order valence-corrected chi connectivity index (χ1v) is 8.88. The van der Waals surface area contributed by atoms with Crippen molar-refractivity contribution in [2.45, 2.75) is 19.1 Å². The Hall–Kier alpha value is -2.14. The van der Waals surface area contributed by atoms with Gasteiger partial charge in [-0.05, 0) is 30.2 Å². The Morgan fingerprint density at radius 3 is 2.75 bits per heavy atom. The van der Waals surface area contributed by atoms with E-state index >= 15 is 0 Å². The smallest absolute Gasteiger partial charge is 0.233 e. The summed E-state index contributed by atoms with van der Waals surface area (Å²) in [6, 6.07) is 14.4. The van der Waals surface area contributed by atoms with Crippen LogP contribution >= 0.6 is 11.8 Å². The van der Waals surface area contributed by atoms with Gasteiger partial charge in [-0.2, -0.15) is 0 Å². The number of thioether (sulfide) groups is 1. The quantitative estimate of drug-likeness (QED) is 0.846. The molecule has 0 saturated carbocycles. The molecule has 124 valence electrons. The maximum atomic E-state index is 12.9. The number of benzene rings is 2. The van der Waals surface area contributed by atoms with Crippen LogP contribution in [-0.4, -0.2) is 29.1 Å². The van der Waals surface area contributed by atoms with E-state index in [1.807, 2.05) is 31.2 Å². The Kier molecular flexibility index (Phi) is 5.30. The van der Waals surface area contributed by atoms with Crippen molar-refractivity contribution in [2.24, 2.45) is 4.99 Å². The van der Waals surface area contributed by atoms with E-state index in [2.05, 4.69) is 4.99 Å². The van der Waals surface area contributed by atoms with Crippen LogP contribution in [0.4, 0.5) is 4.39 Å². The Bertz CT molecular complexity index is 758. The summed E-state index contributed by atoms with van der Waals surface area (Å²) in [5.41, 5.74) is 3.19. The van der Waals surface area contributed by atoms with Gasteiger partial charge in [0.1, 0.15) is 5.82 Å². The van der Waals surface area contributed by atoms with Crippen molar-refractivity contribution in [2.75, 3.05) is 13.1 Å². The summed E-state index contributed by atoms with van der Waals surface area (Å²) in [6.45, 7) is 3.30. The minimum atomic E-state index is -0.239. The normalized spacial score (nSPS) is 13.9. The zero-order chi connectivity index (χ0) is 16.9. The Morgan fingerprint density at radius 2 is 2.00 bits per heavy atom. The predicted octanol–water partition coefficient (Wildman–Crippen LogP) is 3.81. The van der Waals surface area contributed by atoms with Crippen LogP contribution in [0, 0.1) is 12.7 Å². The molecular formula is C19H19FN2OS. The summed E-state index contributed by atoms with van der Waals surface area (Å²) in [4.78, 5) is 18.8. The number of carbonyl (C=O) groups is 1. The van der Waals surface area contributed by atoms with Crippen molar-refractivity contribution in [3.05, 3.63) is 71.0 Å². The van der Waals surface area contributed by atoms with E-state index in [1.165, 1.54) is 23.9 Å². The van der Waals surface area contributed by atoms with Gasteiger partial charge in [0.25, 0.3) is 0 Å². The fourth-order valence-corrected chi connectivity index (χ4v) is 3.62. The number of carbonyl (C=O) groups excluding carboxylic acids is 1. The zero-order valence-corrected chi connectivity index (χ0v) is 14.4. The molecule has 0 unspecified atom stereocenters. The van der Waals surface area contributed by atoms with Crippen molar-refractivity contribution < 1.29 is 9.18 Å². The van der Waals surface area contributed by atoms with Crippen molar-refractivity contribution in [3.63, 3.8) is 0 Å². The van der Waals surface area contributed by atoms with Crippen molar-refractivity contribution in [3.8, 4) is 0 Å². The van der Waals surface area contributed by atoms with Gasteiger partial charge in [-0.15, -0.1) is 0 Å². The van der Waals surface area contributed by atoms with Crippen LogP contribution < -0.4 is 0 Å². The van der Waals surface area contributed by atoms with Gasteiger partial charge in [0.2, 0.25) is 5.91 Å². The second-order valence-corrected chi connectivity index (χ2v) is 6.73. The summed E-state index contributed by atoms with van der Waals surface area (Å²) < 4.78 is 12.9. The number of hydrogen-bond donors (Lipinski definition) is 0. The topological polar surface area (TPSA) is 32.7 Å². The minimum Gasteiger partial charge on any atom is -0.289 e. The molecule has 1 heterocycles. The number of aryl methyl sites for hydroxylation is 1. The first-order chi connectivity index (χ1) is 11.6. The average molecular weight is 342 g/mol. The third-order valence-corrected chi connectivity index (χ3v) is 4.91. The molecule has 0 saturated heterocycles. The number of rotatable bonds is 4. The molecule has 0 radical (unpaired) electrons. The van der Waals surface area contributed by atoms with E-state index < -0.39 is 0 Å². The van der Waals surface area contributed by atoms with Gasteiger partial charge in [-0.1, -0.05) is 53.7 Å². The van der Waals surface area contributed by atoms with Crippen LogP contribution in [0.2, 0.25) is 0 Å². The fourth-order valence-electron chi connectivity index (χ4n) is 2.60. The molecule has 0 N–H and O–H groups in total. The molecule has 0 atom stereocenters. The number of nitrogens with zero attached hydrogens (tertiary/aromatic N) is 2. The van der Waals surface area contributed by atoms with Gasteiger partial charge < -0.3 is 0 Å². The molecule has 0 spiro atoms. The molecule has 2 aromatic carbocycles.